The van der Waals surface area contributed by atoms with E-state index >= 15 is 0 Å². The first-order valence-electron chi connectivity index (χ1n) is 6.81. The van der Waals surface area contributed by atoms with Crippen molar-refractivity contribution in [2.24, 2.45) is 5.92 Å². The molecule has 0 saturated heterocycles. The molecule has 1 aromatic carbocycles. The lowest BCUT2D eigenvalue weighted by Crippen LogP contribution is -2.05. The number of ether oxygens (including phenoxy) is 1. The topological polar surface area (TPSA) is 26.3 Å². The summed E-state index contributed by atoms with van der Waals surface area (Å²) in [6, 6.07) is 4.78. The summed E-state index contributed by atoms with van der Waals surface area (Å²) in [7, 11) is 0. The Balaban J connectivity index is 2.51. The minimum absolute atomic E-state index is 0.309. The molecule has 0 atom stereocenters. The maximum absolute atomic E-state index is 12.5. The smallest absolute Gasteiger partial charge is 0.416 e. The molecule has 0 aliphatic rings. The van der Waals surface area contributed by atoms with Gasteiger partial charge in [-0.25, -0.2) is 4.79 Å². The van der Waals surface area contributed by atoms with E-state index in [9.17, 15) is 18.0 Å². The molecular formula is C16H19F3O2. The molecule has 0 aliphatic carbocycles. The number of benzene rings is 1. The molecule has 0 fully saturated rings. The van der Waals surface area contributed by atoms with Gasteiger partial charge in [0.15, 0.2) is 0 Å². The normalized spacial score (nSPS) is 12.1. The zero-order chi connectivity index (χ0) is 15.9. The number of esters is 1. The van der Waals surface area contributed by atoms with Crippen LogP contribution in [0.2, 0.25) is 0 Å². The molecule has 0 unspecified atom stereocenters. The van der Waals surface area contributed by atoms with Crippen LogP contribution in [0.4, 0.5) is 13.2 Å². The summed E-state index contributed by atoms with van der Waals surface area (Å²) in [5.74, 6) is 0.000482. The van der Waals surface area contributed by atoms with E-state index in [-0.39, 0.29) is 0 Å². The van der Waals surface area contributed by atoms with Crippen LogP contribution in [0, 0.1) is 5.92 Å². The van der Waals surface area contributed by atoms with E-state index in [1.54, 1.807) is 0 Å². The van der Waals surface area contributed by atoms with Crippen molar-refractivity contribution < 1.29 is 22.7 Å². The summed E-state index contributed by atoms with van der Waals surface area (Å²) in [5, 5.41) is 0. The standard InChI is InChI=1S/C16H19F3O2/c1-12(2)5-4-10-21-15(20)9-8-13-6-3-7-14(11-13)16(17,18)19/h3,6-9,11-12H,4-5,10H2,1-2H3/b9-8+. The first-order chi connectivity index (χ1) is 9.79. The molecule has 2 nitrogen and oxygen atoms in total. The van der Waals surface area contributed by atoms with Crippen molar-refractivity contribution in [2.45, 2.75) is 32.9 Å². The van der Waals surface area contributed by atoms with Gasteiger partial charge in [-0.2, -0.15) is 13.2 Å². The van der Waals surface area contributed by atoms with Crippen LogP contribution in [0.15, 0.2) is 30.3 Å². The fraction of sp³-hybridized carbons (Fsp3) is 0.438. The van der Waals surface area contributed by atoms with Crippen LogP contribution in [0.1, 0.15) is 37.8 Å². The van der Waals surface area contributed by atoms with Crippen LogP contribution in [0.25, 0.3) is 6.08 Å². The van der Waals surface area contributed by atoms with Gasteiger partial charge in [0.2, 0.25) is 0 Å². The molecule has 0 amide bonds. The van der Waals surface area contributed by atoms with Gasteiger partial charge < -0.3 is 4.74 Å². The Morgan fingerprint density at radius 1 is 1.33 bits per heavy atom. The fourth-order valence-electron chi connectivity index (χ4n) is 1.70. The molecule has 116 valence electrons. The number of hydrogen-bond acceptors (Lipinski definition) is 2. The molecule has 0 spiro atoms. The Morgan fingerprint density at radius 2 is 2.05 bits per heavy atom. The van der Waals surface area contributed by atoms with Crippen molar-refractivity contribution >= 4 is 12.0 Å². The van der Waals surface area contributed by atoms with Gasteiger partial charge in [-0.15, -0.1) is 0 Å². The molecule has 1 aromatic rings. The second-order valence-corrected chi connectivity index (χ2v) is 5.16. The Labute approximate surface area is 122 Å². The first-order valence-corrected chi connectivity index (χ1v) is 6.81. The predicted molar refractivity (Wildman–Crippen MR) is 75.5 cm³/mol. The highest BCUT2D eigenvalue weighted by Gasteiger charge is 2.30. The highest BCUT2D eigenvalue weighted by molar-refractivity contribution is 5.87. The number of carbonyl (C=O) groups is 1. The zero-order valence-corrected chi connectivity index (χ0v) is 12.1. The van der Waals surface area contributed by atoms with Crippen LogP contribution in [0.5, 0.6) is 0 Å². The molecule has 21 heavy (non-hydrogen) atoms. The lowest BCUT2D eigenvalue weighted by molar-refractivity contribution is -0.138. The Hall–Kier alpha value is -1.78. The quantitative estimate of drug-likeness (QED) is 0.432. The lowest BCUT2D eigenvalue weighted by atomic mass is 10.1. The summed E-state index contributed by atoms with van der Waals surface area (Å²) in [6.07, 6.45) is -0.183. The third-order valence-electron chi connectivity index (χ3n) is 2.80. The van der Waals surface area contributed by atoms with Crippen LogP contribution < -0.4 is 0 Å². The summed E-state index contributed by atoms with van der Waals surface area (Å²) in [5.41, 5.74) is -0.432. The van der Waals surface area contributed by atoms with Crippen LogP contribution in [-0.4, -0.2) is 12.6 Å². The molecule has 5 heteroatoms. The monoisotopic (exact) mass is 300 g/mol. The van der Waals surface area contributed by atoms with E-state index in [0.29, 0.717) is 18.1 Å². The highest BCUT2D eigenvalue weighted by Crippen LogP contribution is 2.29. The average Bonchev–Trinajstić information content (AvgIpc) is 2.40. The molecule has 0 bridgehead atoms. The van der Waals surface area contributed by atoms with Crippen molar-refractivity contribution in [3.63, 3.8) is 0 Å². The zero-order valence-electron chi connectivity index (χ0n) is 12.1. The fourth-order valence-corrected chi connectivity index (χ4v) is 1.70. The van der Waals surface area contributed by atoms with Crippen molar-refractivity contribution in [2.75, 3.05) is 6.61 Å². The number of carbonyl (C=O) groups excluding carboxylic acids is 1. The van der Waals surface area contributed by atoms with Crippen molar-refractivity contribution in [3.8, 4) is 0 Å². The van der Waals surface area contributed by atoms with Gasteiger partial charge in [-0.05, 0) is 42.5 Å². The Kier molecular flexibility index (Phi) is 6.46. The lowest BCUT2D eigenvalue weighted by Gasteiger charge is -2.06. The SMILES string of the molecule is CC(C)CCCOC(=O)/C=C/c1cccc(C(F)(F)F)c1. The number of halogens is 3. The van der Waals surface area contributed by atoms with E-state index < -0.39 is 17.7 Å². The molecule has 0 heterocycles. The summed E-state index contributed by atoms with van der Waals surface area (Å²) >= 11 is 0. The molecule has 0 aromatic heterocycles. The van der Waals surface area contributed by atoms with Crippen LogP contribution in [0.3, 0.4) is 0 Å². The molecular weight excluding hydrogens is 281 g/mol. The molecule has 0 aliphatic heterocycles. The maximum atomic E-state index is 12.5. The Bertz CT molecular complexity index is 491. The molecule has 0 radical (unpaired) electrons. The van der Waals surface area contributed by atoms with E-state index in [4.69, 9.17) is 4.74 Å². The maximum Gasteiger partial charge on any atom is 0.416 e. The largest absolute Gasteiger partial charge is 0.463 e. The van der Waals surface area contributed by atoms with E-state index in [2.05, 4.69) is 13.8 Å². The van der Waals surface area contributed by atoms with Gasteiger partial charge in [-0.3, -0.25) is 0 Å². The van der Waals surface area contributed by atoms with Gasteiger partial charge >= 0.3 is 12.1 Å². The Morgan fingerprint density at radius 3 is 2.67 bits per heavy atom. The van der Waals surface area contributed by atoms with Gasteiger partial charge in [0.1, 0.15) is 0 Å². The van der Waals surface area contributed by atoms with Gasteiger partial charge in [0.25, 0.3) is 0 Å². The van der Waals surface area contributed by atoms with Gasteiger partial charge in [-0.1, -0.05) is 26.0 Å². The van der Waals surface area contributed by atoms with Gasteiger partial charge in [0, 0.05) is 6.08 Å². The third kappa shape index (κ3) is 6.97. The minimum atomic E-state index is -4.39. The summed E-state index contributed by atoms with van der Waals surface area (Å²) in [6.45, 7) is 4.48. The second-order valence-electron chi connectivity index (χ2n) is 5.16. The molecule has 0 N–H and O–H groups in total. The average molecular weight is 300 g/mol. The van der Waals surface area contributed by atoms with Crippen LogP contribution >= 0.6 is 0 Å². The van der Waals surface area contributed by atoms with E-state index in [0.717, 1.165) is 31.1 Å². The molecule has 1 rings (SSSR count). The first kappa shape index (κ1) is 17.3. The number of alkyl halides is 3. The second kappa shape index (κ2) is 7.86. The van der Waals surface area contributed by atoms with Crippen molar-refractivity contribution in [1.29, 1.82) is 0 Å². The summed E-state index contributed by atoms with van der Waals surface area (Å²) in [4.78, 5) is 11.4. The summed E-state index contributed by atoms with van der Waals surface area (Å²) < 4.78 is 42.5. The van der Waals surface area contributed by atoms with Crippen LogP contribution in [-0.2, 0) is 15.7 Å². The third-order valence-corrected chi connectivity index (χ3v) is 2.80. The van der Waals surface area contributed by atoms with Gasteiger partial charge in [0.05, 0.1) is 12.2 Å². The van der Waals surface area contributed by atoms with E-state index in [1.807, 2.05) is 0 Å². The minimum Gasteiger partial charge on any atom is -0.463 e. The van der Waals surface area contributed by atoms with Crippen molar-refractivity contribution in [1.82, 2.24) is 0 Å². The number of hydrogen-bond donors (Lipinski definition) is 0. The highest BCUT2D eigenvalue weighted by atomic mass is 19.4. The molecule has 0 saturated carbocycles. The number of rotatable bonds is 6. The van der Waals surface area contributed by atoms with Crippen molar-refractivity contribution in [3.05, 3.63) is 41.5 Å². The predicted octanol–water partition coefficient (Wildman–Crippen LogP) is 4.70. The van der Waals surface area contributed by atoms with E-state index in [1.165, 1.54) is 18.2 Å².